The highest BCUT2D eigenvalue weighted by Crippen LogP contribution is 2.30. The van der Waals surface area contributed by atoms with Crippen molar-refractivity contribution >= 4 is 22.5 Å². The Balaban J connectivity index is 1.37. The number of aromatic nitrogens is 5. The van der Waals surface area contributed by atoms with Gasteiger partial charge in [0, 0.05) is 28.7 Å². The molecule has 0 aliphatic heterocycles. The number of nitrogens with zero attached hydrogens (tertiary/aromatic N) is 3. The summed E-state index contributed by atoms with van der Waals surface area (Å²) >= 11 is 0. The van der Waals surface area contributed by atoms with E-state index in [1.54, 1.807) is 42.7 Å². The van der Waals surface area contributed by atoms with Gasteiger partial charge in [-0.2, -0.15) is 5.10 Å². The molecule has 0 fully saturated rings. The molecule has 29 heavy (non-hydrogen) atoms. The number of aromatic amines is 2. The van der Waals surface area contributed by atoms with Crippen LogP contribution in [0.25, 0.3) is 22.4 Å². The highest BCUT2D eigenvalue weighted by molar-refractivity contribution is 5.82. The van der Waals surface area contributed by atoms with Crippen molar-refractivity contribution in [3.63, 3.8) is 0 Å². The fraction of sp³-hybridized carbons (Fsp3) is 0.0500. The van der Waals surface area contributed by atoms with Gasteiger partial charge in [0.15, 0.2) is 23.1 Å². The molecule has 3 N–H and O–H groups in total. The quantitative estimate of drug-likeness (QED) is 0.393. The van der Waals surface area contributed by atoms with E-state index in [4.69, 9.17) is 9.15 Å². The van der Waals surface area contributed by atoms with Crippen molar-refractivity contribution < 1.29 is 13.5 Å². The molecule has 0 aliphatic carbocycles. The Morgan fingerprint density at radius 3 is 2.90 bits per heavy atom. The van der Waals surface area contributed by atoms with Crippen molar-refractivity contribution in [3.05, 3.63) is 66.6 Å². The molecule has 4 aromatic heterocycles. The lowest BCUT2D eigenvalue weighted by Crippen LogP contribution is -1.97. The molecule has 0 bridgehead atoms. The minimum absolute atomic E-state index is 0.0843. The number of anilines is 2. The first-order valence-corrected chi connectivity index (χ1v) is 8.80. The van der Waals surface area contributed by atoms with Gasteiger partial charge in [0.1, 0.15) is 17.8 Å². The number of ether oxygens (including phenoxy) is 1. The Labute approximate surface area is 163 Å². The normalized spacial score (nSPS) is 11.1. The molecular formula is C20H15FN6O2. The summed E-state index contributed by atoms with van der Waals surface area (Å²) in [5, 5.41) is 10.6. The highest BCUT2D eigenvalue weighted by Gasteiger charge is 2.13. The maximum absolute atomic E-state index is 14.7. The molecule has 4 heterocycles. The summed E-state index contributed by atoms with van der Waals surface area (Å²) in [7, 11) is 0. The summed E-state index contributed by atoms with van der Waals surface area (Å²) in [5.74, 6) is 1.50. The zero-order chi connectivity index (χ0) is 19.8. The molecule has 5 aromatic rings. The summed E-state index contributed by atoms with van der Waals surface area (Å²) < 4.78 is 25.7. The van der Waals surface area contributed by atoms with E-state index in [0.29, 0.717) is 28.3 Å². The van der Waals surface area contributed by atoms with Gasteiger partial charge in [-0.15, -0.1) is 0 Å². The topological polar surface area (TPSA) is 105 Å². The van der Waals surface area contributed by atoms with Crippen LogP contribution in [-0.4, -0.2) is 25.1 Å². The van der Waals surface area contributed by atoms with E-state index in [9.17, 15) is 4.39 Å². The number of hydrogen-bond donors (Lipinski definition) is 3. The number of furan rings is 1. The smallest absolute Gasteiger partial charge is 0.224 e. The third kappa shape index (κ3) is 3.29. The Morgan fingerprint density at radius 1 is 1.10 bits per heavy atom. The largest absolute Gasteiger partial charge is 0.463 e. The second kappa shape index (κ2) is 6.79. The first-order chi connectivity index (χ1) is 14.2. The van der Waals surface area contributed by atoms with Gasteiger partial charge in [0.25, 0.3) is 0 Å². The van der Waals surface area contributed by atoms with E-state index in [1.807, 2.05) is 13.0 Å². The van der Waals surface area contributed by atoms with Crippen LogP contribution in [0.2, 0.25) is 0 Å². The Bertz CT molecular complexity index is 1290. The van der Waals surface area contributed by atoms with Crippen LogP contribution in [0.4, 0.5) is 16.0 Å². The molecule has 0 saturated heterocycles. The molecule has 1 aromatic carbocycles. The molecule has 144 valence electrons. The van der Waals surface area contributed by atoms with Crippen LogP contribution in [0.15, 0.2) is 59.5 Å². The van der Waals surface area contributed by atoms with Crippen molar-refractivity contribution in [2.75, 3.05) is 5.32 Å². The molecular weight excluding hydrogens is 375 g/mol. The summed E-state index contributed by atoms with van der Waals surface area (Å²) in [5.41, 5.74) is 2.31. The van der Waals surface area contributed by atoms with Crippen molar-refractivity contribution in [3.8, 4) is 23.1 Å². The van der Waals surface area contributed by atoms with Gasteiger partial charge in [-0.3, -0.25) is 5.10 Å². The lowest BCUT2D eigenvalue weighted by atomic mass is 10.2. The summed E-state index contributed by atoms with van der Waals surface area (Å²) in [6.45, 7) is 1.87. The maximum Gasteiger partial charge on any atom is 0.224 e. The van der Waals surface area contributed by atoms with E-state index in [2.05, 4.69) is 30.5 Å². The summed E-state index contributed by atoms with van der Waals surface area (Å²) in [4.78, 5) is 11.3. The second-order valence-electron chi connectivity index (χ2n) is 6.40. The van der Waals surface area contributed by atoms with Gasteiger partial charge < -0.3 is 19.5 Å². The number of fused-ring (bicyclic) bond motifs is 1. The molecule has 9 heteroatoms. The number of hydrogen-bond acceptors (Lipinski definition) is 6. The standard InChI is InChI=1S/C20H15FN6O2/c1-11-7-12-13(24-11)4-5-16(20(12)21)29-19-9-17(22-10-23-19)25-18-8-14(26-27-18)15-3-2-6-28-15/h2-10,24H,1H3,(H2,22,23,25,26,27). The zero-order valence-electron chi connectivity index (χ0n) is 15.2. The van der Waals surface area contributed by atoms with Crippen LogP contribution in [0.3, 0.4) is 0 Å². The number of H-pyrrole nitrogens is 2. The zero-order valence-corrected chi connectivity index (χ0v) is 15.2. The lowest BCUT2D eigenvalue weighted by molar-refractivity contribution is 0.430. The van der Waals surface area contributed by atoms with Crippen molar-refractivity contribution in [1.29, 1.82) is 0 Å². The van der Waals surface area contributed by atoms with Crippen LogP contribution in [-0.2, 0) is 0 Å². The predicted octanol–water partition coefficient (Wildman–Crippen LogP) is 4.92. The highest BCUT2D eigenvalue weighted by atomic mass is 19.1. The molecule has 0 radical (unpaired) electrons. The number of benzene rings is 1. The number of rotatable bonds is 5. The van der Waals surface area contributed by atoms with E-state index < -0.39 is 5.82 Å². The molecule has 5 rings (SSSR count). The average Bonchev–Trinajstić information content (AvgIpc) is 3.45. The number of nitrogens with one attached hydrogen (secondary N) is 3. The van der Waals surface area contributed by atoms with Crippen LogP contribution < -0.4 is 10.1 Å². The Kier molecular flexibility index (Phi) is 3.98. The summed E-state index contributed by atoms with van der Waals surface area (Å²) in [6.07, 6.45) is 2.91. The molecule has 0 unspecified atom stereocenters. The predicted molar refractivity (Wildman–Crippen MR) is 105 cm³/mol. The maximum atomic E-state index is 14.7. The van der Waals surface area contributed by atoms with Gasteiger partial charge in [0.2, 0.25) is 5.88 Å². The number of aryl methyl sites for hydroxylation is 1. The van der Waals surface area contributed by atoms with Crippen LogP contribution in [0.1, 0.15) is 5.69 Å². The third-order valence-corrected chi connectivity index (χ3v) is 4.31. The lowest BCUT2D eigenvalue weighted by Gasteiger charge is -2.08. The summed E-state index contributed by atoms with van der Waals surface area (Å²) in [6, 6.07) is 12.0. The Morgan fingerprint density at radius 2 is 2.03 bits per heavy atom. The van der Waals surface area contributed by atoms with E-state index in [1.165, 1.54) is 6.33 Å². The minimum Gasteiger partial charge on any atom is -0.463 e. The van der Waals surface area contributed by atoms with Gasteiger partial charge in [-0.25, -0.2) is 14.4 Å². The van der Waals surface area contributed by atoms with Crippen LogP contribution >= 0.6 is 0 Å². The molecule has 8 nitrogen and oxygen atoms in total. The van der Waals surface area contributed by atoms with Gasteiger partial charge in [0.05, 0.1) is 6.26 Å². The second-order valence-corrected chi connectivity index (χ2v) is 6.40. The van der Waals surface area contributed by atoms with E-state index in [0.717, 1.165) is 11.4 Å². The average molecular weight is 390 g/mol. The first-order valence-electron chi connectivity index (χ1n) is 8.80. The van der Waals surface area contributed by atoms with Gasteiger partial charge in [-0.05, 0) is 37.3 Å². The van der Waals surface area contributed by atoms with Gasteiger partial charge in [-0.1, -0.05) is 0 Å². The third-order valence-electron chi connectivity index (χ3n) is 4.31. The molecule has 0 aliphatic rings. The Hall–Kier alpha value is -4.14. The van der Waals surface area contributed by atoms with Gasteiger partial charge >= 0.3 is 0 Å². The first kappa shape index (κ1) is 17.0. The van der Waals surface area contributed by atoms with Crippen molar-refractivity contribution in [2.45, 2.75) is 6.92 Å². The fourth-order valence-electron chi connectivity index (χ4n) is 3.02. The molecule has 0 atom stereocenters. The SMILES string of the molecule is Cc1cc2c(F)c(Oc3cc(Nc4cc(-c5ccco5)[nH]n4)ncn3)ccc2[nH]1. The van der Waals surface area contributed by atoms with Crippen molar-refractivity contribution in [1.82, 2.24) is 25.1 Å². The van der Waals surface area contributed by atoms with Crippen LogP contribution in [0.5, 0.6) is 11.6 Å². The van der Waals surface area contributed by atoms with Crippen molar-refractivity contribution in [2.24, 2.45) is 0 Å². The van der Waals surface area contributed by atoms with Crippen LogP contribution in [0, 0.1) is 12.7 Å². The fourth-order valence-corrected chi connectivity index (χ4v) is 3.02. The van der Waals surface area contributed by atoms with E-state index >= 15 is 0 Å². The molecule has 0 amide bonds. The minimum atomic E-state index is -0.449. The number of halogens is 1. The van der Waals surface area contributed by atoms with E-state index in [-0.39, 0.29) is 11.6 Å². The molecule has 0 saturated carbocycles. The molecule has 0 spiro atoms. The monoisotopic (exact) mass is 390 g/mol.